The fourth-order valence-corrected chi connectivity index (χ4v) is 5.21. The Labute approximate surface area is 155 Å². The summed E-state index contributed by atoms with van der Waals surface area (Å²) in [5.41, 5.74) is 0.568. The van der Waals surface area contributed by atoms with Crippen molar-refractivity contribution in [1.29, 1.82) is 0 Å². The number of nitrogens with one attached hydrogen (secondary N) is 1. The van der Waals surface area contributed by atoms with E-state index in [4.69, 9.17) is 16.3 Å². The molecule has 1 fully saturated rings. The van der Waals surface area contributed by atoms with E-state index in [9.17, 15) is 13.2 Å². The first-order valence-corrected chi connectivity index (χ1v) is 10.8. The number of carbonyl (C=O) groups is 1. The van der Waals surface area contributed by atoms with E-state index < -0.39 is 16.1 Å². The van der Waals surface area contributed by atoms with Crippen LogP contribution < -0.4 is 10.1 Å². The van der Waals surface area contributed by atoms with Crippen molar-refractivity contribution in [2.45, 2.75) is 25.3 Å². The van der Waals surface area contributed by atoms with Gasteiger partial charge < -0.3 is 10.1 Å². The van der Waals surface area contributed by atoms with Gasteiger partial charge in [0.2, 0.25) is 15.9 Å². The predicted molar refractivity (Wildman–Crippen MR) is 99.0 cm³/mol. The van der Waals surface area contributed by atoms with Crippen LogP contribution in [0.2, 0.25) is 5.02 Å². The lowest BCUT2D eigenvalue weighted by atomic mass is 10.0. The minimum absolute atomic E-state index is 0.358. The van der Waals surface area contributed by atoms with Crippen LogP contribution in [0.3, 0.4) is 0 Å². The molecule has 1 N–H and O–H groups in total. The number of benzene rings is 1. The number of thiazole rings is 1. The van der Waals surface area contributed by atoms with E-state index in [1.54, 1.807) is 12.1 Å². The zero-order valence-electron chi connectivity index (χ0n) is 13.8. The Hall–Kier alpha value is -1.42. The van der Waals surface area contributed by atoms with Gasteiger partial charge in [0.25, 0.3) is 0 Å². The molecule has 136 valence electrons. The second kappa shape index (κ2) is 7.06. The summed E-state index contributed by atoms with van der Waals surface area (Å²) in [5.74, 6) is 0.186. The van der Waals surface area contributed by atoms with Crippen LogP contribution in [0.1, 0.15) is 19.3 Å². The normalized spacial score (nSPS) is 19.1. The van der Waals surface area contributed by atoms with Crippen molar-refractivity contribution in [3.05, 3.63) is 17.2 Å². The molecule has 25 heavy (non-hydrogen) atoms. The number of anilines is 1. The van der Waals surface area contributed by atoms with Crippen molar-refractivity contribution in [2.24, 2.45) is 0 Å². The molecule has 2 heterocycles. The molecule has 1 aliphatic rings. The number of nitrogens with zero attached hydrogens (tertiary/aromatic N) is 2. The summed E-state index contributed by atoms with van der Waals surface area (Å²) < 4.78 is 31.1. The SMILES string of the molecule is COc1ccc(Cl)c2sc(NC(=O)[C@@H]3CCCCN3S(C)(=O)=O)nc12. The molecule has 1 amide bonds. The van der Waals surface area contributed by atoms with Crippen molar-refractivity contribution >= 4 is 54.2 Å². The zero-order valence-corrected chi connectivity index (χ0v) is 16.2. The van der Waals surface area contributed by atoms with Crippen LogP contribution in [0.15, 0.2) is 12.1 Å². The number of hydrogen-bond acceptors (Lipinski definition) is 6. The molecule has 3 rings (SSSR count). The van der Waals surface area contributed by atoms with Crippen LogP contribution >= 0.6 is 22.9 Å². The number of hydrogen-bond donors (Lipinski definition) is 1. The van der Waals surface area contributed by atoms with Gasteiger partial charge in [-0.05, 0) is 25.0 Å². The highest BCUT2D eigenvalue weighted by Gasteiger charge is 2.34. The van der Waals surface area contributed by atoms with Crippen molar-refractivity contribution in [3.63, 3.8) is 0 Å². The molecule has 1 aliphatic heterocycles. The lowest BCUT2D eigenvalue weighted by Gasteiger charge is -2.32. The Bertz CT molecular complexity index is 913. The van der Waals surface area contributed by atoms with Gasteiger partial charge in [-0.1, -0.05) is 29.4 Å². The van der Waals surface area contributed by atoms with E-state index in [-0.39, 0.29) is 5.91 Å². The average molecular weight is 404 g/mol. The van der Waals surface area contributed by atoms with E-state index in [0.717, 1.165) is 19.1 Å². The molecular formula is C15H18ClN3O4S2. The van der Waals surface area contributed by atoms with E-state index in [0.29, 0.717) is 39.1 Å². The van der Waals surface area contributed by atoms with Gasteiger partial charge in [-0.2, -0.15) is 4.31 Å². The summed E-state index contributed by atoms with van der Waals surface area (Å²) in [5, 5.41) is 3.61. The first kappa shape index (κ1) is 18.4. The Balaban J connectivity index is 1.87. The molecule has 2 aromatic rings. The molecule has 1 atom stereocenters. The summed E-state index contributed by atoms with van der Waals surface area (Å²) in [6.07, 6.45) is 3.18. The highest BCUT2D eigenvalue weighted by atomic mass is 35.5. The number of piperidine rings is 1. The van der Waals surface area contributed by atoms with Gasteiger partial charge in [-0.25, -0.2) is 13.4 Å². The van der Waals surface area contributed by atoms with Crippen molar-refractivity contribution in [3.8, 4) is 5.75 Å². The number of sulfonamides is 1. The Morgan fingerprint density at radius 1 is 1.44 bits per heavy atom. The molecule has 1 aromatic heterocycles. The topological polar surface area (TPSA) is 88.6 Å². The third kappa shape index (κ3) is 3.74. The molecule has 0 unspecified atom stereocenters. The van der Waals surface area contributed by atoms with Gasteiger partial charge in [-0.3, -0.25) is 4.79 Å². The van der Waals surface area contributed by atoms with Gasteiger partial charge in [0.15, 0.2) is 5.13 Å². The van der Waals surface area contributed by atoms with Gasteiger partial charge in [0.05, 0.1) is 23.1 Å². The predicted octanol–water partition coefficient (Wildman–Crippen LogP) is 2.71. The molecule has 0 aliphatic carbocycles. The van der Waals surface area contributed by atoms with E-state index in [1.165, 1.54) is 22.8 Å². The summed E-state index contributed by atoms with van der Waals surface area (Å²) >= 11 is 7.41. The fourth-order valence-electron chi connectivity index (χ4n) is 2.92. The number of carbonyl (C=O) groups excluding carboxylic acids is 1. The molecule has 0 spiro atoms. The largest absolute Gasteiger partial charge is 0.494 e. The average Bonchev–Trinajstić information content (AvgIpc) is 2.99. The zero-order chi connectivity index (χ0) is 18.2. The maximum absolute atomic E-state index is 12.6. The van der Waals surface area contributed by atoms with Gasteiger partial charge in [0, 0.05) is 6.54 Å². The maximum atomic E-state index is 12.6. The minimum atomic E-state index is -3.44. The first-order chi connectivity index (χ1) is 11.8. The number of methoxy groups -OCH3 is 1. The molecule has 1 saturated heterocycles. The third-order valence-corrected chi connectivity index (χ3v) is 6.81. The van der Waals surface area contributed by atoms with Gasteiger partial charge in [-0.15, -0.1) is 0 Å². The van der Waals surface area contributed by atoms with E-state index in [2.05, 4.69) is 10.3 Å². The van der Waals surface area contributed by atoms with Crippen LogP contribution in [-0.4, -0.2) is 49.6 Å². The molecule has 0 saturated carbocycles. The number of ether oxygens (including phenoxy) is 1. The summed E-state index contributed by atoms with van der Waals surface area (Å²) in [6, 6.07) is 2.70. The summed E-state index contributed by atoms with van der Waals surface area (Å²) in [6.45, 7) is 0.358. The van der Waals surface area contributed by atoms with Crippen LogP contribution in [0.5, 0.6) is 5.75 Å². The minimum Gasteiger partial charge on any atom is -0.494 e. The number of aromatic nitrogens is 1. The molecular weight excluding hydrogens is 386 g/mol. The second-order valence-electron chi connectivity index (χ2n) is 5.82. The maximum Gasteiger partial charge on any atom is 0.244 e. The van der Waals surface area contributed by atoms with E-state index >= 15 is 0 Å². The summed E-state index contributed by atoms with van der Waals surface area (Å²) in [7, 11) is -1.91. The number of amides is 1. The lowest BCUT2D eigenvalue weighted by Crippen LogP contribution is -2.49. The van der Waals surface area contributed by atoms with Crippen LogP contribution in [-0.2, 0) is 14.8 Å². The number of rotatable bonds is 4. The van der Waals surface area contributed by atoms with Crippen molar-refractivity contribution < 1.29 is 17.9 Å². The Morgan fingerprint density at radius 3 is 2.88 bits per heavy atom. The quantitative estimate of drug-likeness (QED) is 0.847. The molecule has 1 aromatic carbocycles. The molecule has 7 nitrogen and oxygen atoms in total. The Morgan fingerprint density at radius 2 is 2.20 bits per heavy atom. The van der Waals surface area contributed by atoms with Crippen LogP contribution in [0.4, 0.5) is 5.13 Å². The molecule has 0 bridgehead atoms. The molecule has 10 heteroatoms. The molecule has 0 radical (unpaired) electrons. The van der Waals surface area contributed by atoms with Crippen LogP contribution in [0, 0.1) is 0 Å². The fraction of sp³-hybridized carbons (Fsp3) is 0.467. The van der Waals surface area contributed by atoms with Crippen molar-refractivity contribution in [1.82, 2.24) is 9.29 Å². The van der Waals surface area contributed by atoms with Gasteiger partial charge >= 0.3 is 0 Å². The second-order valence-corrected chi connectivity index (χ2v) is 9.16. The summed E-state index contributed by atoms with van der Waals surface area (Å²) in [4.78, 5) is 17.0. The number of halogens is 1. The third-order valence-electron chi connectivity index (χ3n) is 4.09. The highest BCUT2D eigenvalue weighted by molar-refractivity contribution is 7.88. The first-order valence-electron chi connectivity index (χ1n) is 7.72. The monoisotopic (exact) mass is 403 g/mol. The lowest BCUT2D eigenvalue weighted by molar-refractivity contribution is -0.120. The van der Waals surface area contributed by atoms with E-state index in [1.807, 2.05) is 0 Å². The smallest absolute Gasteiger partial charge is 0.244 e. The van der Waals surface area contributed by atoms with Gasteiger partial charge in [0.1, 0.15) is 17.3 Å². The Kier molecular flexibility index (Phi) is 5.19. The number of fused-ring (bicyclic) bond motifs is 1. The standard InChI is InChI=1S/C15H18ClN3O4S2/c1-23-11-7-6-9(16)13-12(11)17-15(24-13)18-14(20)10-5-3-4-8-19(10)25(2,21)22/h6-7,10H,3-5,8H2,1-2H3,(H,17,18,20)/t10-/m0/s1. The highest BCUT2D eigenvalue weighted by Crippen LogP contribution is 2.37. The van der Waals surface area contributed by atoms with Crippen molar-refractivity contribution in [2.75, 3.05) is 25.2 Å². The van der Waals surface area contributed by atoms with Crippen LogP contribution in [0.25, 0.3) is 10.2 Å².